The van der Waals surface area contributed by atoms with Crippen LogP contribution in [0.1, 0.15) is 32.6 Å². The lowest BCUT2D eigenvalue weighted by Gasteiger charge is -2.19. The van der Waals surface area contributed by atoms with E-state index in [4.69, 9.17) is 0 Å². The minimum atomic E-state index is -0.123. The van der Waals surface area contributed by atoms with Crippen molar-refractivity contribution in [3.63, 3.8) is 0 Å². The monoisotopic (exact) mass is 214 g/mol. The van der Waals surface area contributed by atoms with E-state index in [1.165, 1.54) is 0 Å². The van der Waals surface area contributed by atoms with Gasteiger partial charge in [-0.2, -0.15) is 0 Å². The number of amides is 2. The van der Waals surface area contributed by atoms with Crippen LogP contribution in [0, 0.1) is 5.92 Å². The minimum Gasteiger partial charge on any atom is -0.312 e. The van der Waals surface area contributed by atoms with Crippen molar-refractivity contribution >= 4 is 11.8 Å². The van der Waals surface area contributed by atoms with Crippen LogP contribution in [0.3, 0.4) is 0 Å². The second-order valence-electron chi connectivity index (χ2n) is 4.28. The summed E-state index contributed by atoms with van der Waals surface area (Å²) in [6.07, 6.45) is 3.15. The molecule has 4 nitrogen and oxygen atoms in total. The Morgan fingerprint density at radius 2 is 1.87 bits per heavy atom. The van der Waals surface area contributed by atoms with Gasteiger partial charge in [0.25, 0.3) is 0 Å². The van der Waals surface area contributed by atoms with Crippen molar-refractivity contribution in [3.8, 4) is 0 Å². The number of rotatable bonds is 2. The fourth-order valence-corrected chi connectivity index (χ4v) is 1.36. The number of piperidine rings is 1. The summed E-state index contributed by atoms with van der Waals surface area (Å²) in [5.74, 6) is -0.122. The van der Waals surface area contributed by atoms with Crippen molar-refractivity contribution < 1.29 is 9.59 Å². The summed E-state index contributed by atoms with van der Waals surface area (Å²) in [7, 11) is 6.00. The van der Waals surface area contributed by atoms with E-state index in [2.05, 4.69) is 5.32 Å². The fourth-order valence-electron chi connectivity index (χ4n) is 1.36. The molecule has 1 atom stereocenters. The average molecular weight is 214 g/mol. The number of hydrogen-bond acceptors (Lipinski definition) is 3. The Morgan fingerprint density at radius 1 is 1.33 bits per heavy atom. The third-order valence-electron chi connectivity index (χ3n) is 1.99. The van der Waals surface area contributed by atoms with Crippen LogP contribution >= 0.6 is 0 Å². The van der Waals surface area contributed by atoms with Gasteiger partial charge in [0.2, 0.25) is 11.8 Å². The molecule has 1 aliphatic heterocycles. The van der Waals surface area contributed by atoms with E-state index >= 15 is 0 Å². The summed E-state index contributed by atoms with van der Waals surface area (Å²) in [5, 5.41) is 2.34. The largest absolute Gasteiger partial charge is 0.312 e. The van der Waals surface area contributed by atoms with Crippen LogP contribution < -0.4 is 5.32 Å². The molecule has 1 rings (SSSR count). The van der Waals surface area contributed by atoms with Gasteiger partial charge in [-0.15, -0.1) is 0 Å². The lowest BCUT2D eigenvalue weighted by atomic mass is 9.94. The number of nitrogens with one attached hydrogen (secondary N) is 1. The van der Waals surface area contributed by atoms with Crippen molar-refractivity contribution in [2.24, 2.45) is 5.92 Å². The summed E-state index contributed by atoms with van der Waals surface area (Å²) < 4.78 is 0. The Labute approximate surface area is 92.0 Å². The van der Waals surface area contributed by atoms with Gasteiger partial charge in [0.05, 0.1) is 0 Å². The number of hydrogen-bond donors (Lipinski definition) is 1. The second kappa shape index (κ2) is 7.40. The molecule has 0 aromatic carbocycles. The topological polar surface area (TPSA) is 49.4 Å². The second-order valence-corrected chi connectivity index (χ2v) is 4.28. The molecule has 2 amide bonds. The maximum Gasteiger partial charge on any atom is 0.229 e. The van der Waals surface area contributed by atoms with Crippen LogP contribution in [0.25, 0.3) is 0 Å². The normalized spacial score (nSPS) is 20.7. The standard InChI is InChI=1S/C8H13NO2.C3H9N/c1-2-3-6-4-5-7(10)9-8(6)11;1-4(2)3/h6H,2-5H2,1H3,(H,9,10,11);1-3H3. The molecule has 0 saturated carbocycles. The highest BCUT2D eigenvalue weighted by Gasteiger charge is 2.25. The Morgan fingerprint density at radius 3 is 2.27 bits per heavy atom. The molecule has 1 fully saturated rings. The van der Waals surface area contributed by atoms with Crippen LogP contribution in [0.5, 0.6) is 0 Å². The van der Waals surface area contributed by atoms with Crippen LogP contribution in [-0.2, 0) is 9.59 Å². The van der Waals surface area contributed by atoms with Gasteiger partial charge in [-0.05, 0) is 34.0 Å². The predicted molar refractivity (Wildman–Crippen MR) is 60.4 cm³/mol. The molecule has 4 heteroatoms. The van der Waals surface area contributed by atoms with E-state index in [1.54, 1.807) is 0 Å². The average Bonchev–Trinajstić information content (AvgIpc) is 2.09. The molecular formula is C11H22N2O2. The molecule has 0 spiro atoms. The number of carbonyl (C=O) groups is 2. The van der Waals surface area contributed by atoms with Gasteiger partial charge in [-0.1, -0.05) is 13.3 Å². The summed E-state index contributed by atoms with van der Waals surface area (Å²) in [6.45, 7) is 2.05. The zero-order valence-electron chi connectivity index (χ0n) is 10.2. The first-order valence-corrected chi connectivity index (χ1v) is 5.42. The van der Waals surface area contributed by atoms with E-state index in [-0.39, 0.29) is 17.7 Å². The van der Waals surface area contributed by atoms with Crippen LogP contribution in [0.2, 0.25) is 0 Å². The third kappa shape index (κ3) is 7.08. The molecule has 88 valence electrons. The number of imide groups is 1. The zero-order valence-corrected chi connectivity index (χ0v) is 10.2. The van der Waals surface area contributed by atoms with Crippen molar-refractivity contribution in [1.29, 1.82) is 0 Å². The van der Waals surface area contributed by atoms with Gasteiger partial charge in [0, 0.05) is 12.3 Å². The van der Waals surface area contributed by atoms with Gasteiger partial charge < -0.3 is 4.90 Å². The molecule has 1 aliphatic rings. The van der Waals surface area contributed by atoms with Gasteiger partial charge in [0.15, 0.2) is 0 Å². The Hall–Kier alpha value is -0.900. The van der Waals surface area contributed by atoms with E-state index < -0.39 is 0 Å². The number of carbonyl (C=O) groups excluding carboxylic acids is 2. The first kappa shape index (κ1) is 14.1. The number of nitrogens with zero attached hydrogens (tertiary/aromatic N) is 1. The van der Waals surface area contributed by atoms with Gasteiger partial charge in [-0.25, -0.2) is 0 Å². The first-order chi connectivity index (χ1) is 6.97. The van der Waals surface area contributed by atoms with Crippen molar-refractivity contribution in [2.75, 3.05) is 21.1 Å². The molecule has 1 saturated heterocycles. The van der Waals surface area contributed by atoms with E-state index in [1.807, 2.05) is 33.0 Å². The highest BCUT2D eigenvalue weighted by atomic mass is 16.2. The summed E-state index contributed by atoms with van der Waals surface area (Å²) in [5.41, 5.74) is 0. The van der Waals surface area contributed by atoms with Crippen LogP contribution in [0.4, 0.5) is 0 Å². The van der Waals surface area contributed by atoms with E-state index in [0.717, 1.165) is 19.3 Å². The Bertz CT molecular complexity index is 212. The smallest absolute Gasteiger partial charge is 0.229 e. The summed E-state index contributed by atoms with van der Waals surface area (Å²) in [4.78, 5) is 23.8. The van der Waals surface area contributed by atoms with Gasteiger partial charge in [-0.3, -0.25) is 14.9 Å². The first-order valence-electron chi connectivity index (χ1n) is 5.42. The molecule has 1 unspecified atom stereocenters. The van der Waals surface area contributed by atoms with Gasteiger partial charge >= 0.3 is 0 Å². The molecule has 0 radical (unpaired) electrons. The highest BCUT2D eigenvalue weighted by Crippen LogP contribution is 2.16. The summed E-state index contributed by atoms with van der Waals surface area (Å²) >= 11 is 0. The zero-order chi connectivity index (χ0) is 11.8. The Kier molecular flexibility index (Phi) is 6.96. The Balaban J connectivity index is 0.000000423. The molecule has 15 heavy (non-hydrogen) atoms. The molecule has 0 aromatic heterocycles. The maximum absolute atomic E-state index is 11.1. The maximum atomic E-state index is 11.1. The van der Waals surface area contributed by atoms with Crippen LogP contribution in [-0.4, -0.2) is 37.9 Å². The molecule has 1 N–H and O–H groups in total. The van der Waals surface area contributed by atoms with Crippen molar-refractivity contribution in [3.05, 3.63) is 0 Å². The SMILES string of the molecule is CCCC1CCC(=O)NC1=O.CN(C)C. The molecule has 0 aliphatic carbocycles. The molecule has 1 heterocycles. The highest BCUT2D eigenvalue weighted by molar-refractivity contribution is 5.98. The lowest BCUT2D eigenvalue weighted by molar-refractivity contribution is -0.136. The molecule has 0 aromatic rings. The van der Waals surface area contributed by atoms with E-state index in [0.29, 0.717) is 6.42 Å². The van der Waals surface area contributed by atoms with Crippen molar-refractivity contribution in [1.82, 2.24) is 10.2 Å². The van der Waals surface area contributed by atoms with Gasteiger partial charge in [0.1, 0.15) is 0 Å². The van der Waals surface area contributed by atoms with Crippen molar-refractivity contribution in [2.45, 2.75) is 32.6 Å². The minimum absolute atomic E-state index is 0.0805. The predicted octanol–water partition coefficient (Wildman–Crippen LogP) is 1.02. The third-order valence-corrected chi connectivity index (χ3v) is 1.99. The van der Waals surface area contributed by atoms with Crippen LogP contribution in [0.15, 0.2) is 0 Å². The molecular weight excluding hydrogens is 192 g/mol. The molecule has 0 bridgehead atoms. The quantitative estimate of drug-likeness (QED) is 0.698. The lowest BCUT2D eigenvalue weighted by Crippen LogP contribution is -2.40. The fraction of sp³-hybridized carbons (Fsp3) is 0.818. The van der Waals surface area contributed by atoms with E-state index in [9.17, 15) is 9.59 Å². The summed E-state index contributed by atoms with van der Waals surface area (Å²) in [6, 6.07) is 0.